The summed E-state index contributed by atoms with van der Waals surface area (Å²) in [6.45, 7) is 3.11. The molecule has 4 aromatic rings. The van der Waals surface area contributed by atoms with Gasteiger partial charge in [0.05, 0.1) is 18.5 Å². The van der Waals surface area contributed by atoms with E-state index < -0.39 is 0 Å². The van der Waals surface area contributed by atoms with Crippen molar-refractivity contribution in [1.29, 1.82) is 0 Å². The van der Waals surface area contributed by atoms with E-state index in [9.17, 15) is 0 Å². The van der Waals surface area contributed by atoms with Gasteiger partial charge in [-0.1, -0.05) is 30.0 Å². The van der Waals surface area contributed by atoms with E-state index in [1.54, 1.807) is 29.4 Å². The number of hydrogen-bond donors (Lipinski definition) is 0. The highest BCUT2D eigenvalue weighted by molar-refractivity contribution is 7.98. The van der Waals surface area contributed by atoms with Gasteiger partial charge in [-0.05, 0) is 50.2 Å². The fourth-order valence-corrected chi connectivity index (χ4v) is 5.25. The zero-order valence-electron chi connectivity index (χ0n) is 15.9. The summed E-state index contributed by atoms with van der Waals surface area (Å²) in [5.74, 6) is 2.55. The summed E-state index contributed by atoms with van der Waals surface area (Å²) < 4.78 is 7.63. The van der Waals surface area contributed by atoms with E-state index in [-0.39, 0.29) is 0 Å². The average Bonchev–Trinajstić information content (AvgIpc) is 3.54. The highest BCUT2D eigenvalue weighted by Crippen LogP contribution is 2.29. The van der Waals surface area contributed by atoms with Crippen LogP contribution in [0.15, 0.2) is 63.7 Å². The second-order valence-corrected chi connectivity index (χ2v) is 8.76. The van der Waals surface area contributed by atoms with Crippen LogP contribution in [-0.4, -0.2) is 37.7 Å². The fraction of sp³-hybridized carbons (Fsp3) is 0.286. The van der Waals surface area contributed by atoms with Gasteiger partial charge in [-0.25, -0.2) is 4.98 Å². The molecule has 0 unspecified atom stereocenters. The summed E-state index contributed by atoms with van der Waals surface area (Å²) in [4.78, 5) is 7.15. The normalized spacial score (nSPS) is 14.6. The smallest absolute Gasteiger partial charge is 0.196 e. The second-order valence-electron chi connectivity index (χ2n) is 6.96. The number of aromatic nitrogens is 4. The largest absolute Gasteiger partial charge is 0.462 e. The molecule has 1 aliphatic heterocycles. The minimum Gasteiger partial charge on any atom is -0.462 e. The van der Waals surface area contributed by atoms with E-state index in [1.807, 2.05) is 18.2 Å². The van der Waals surface area contributed by atoms with Gasteiger partial charge in [0.15, 0.2) is 21.7 Å². The van der Waals surface area contributed by atoms with Gasteiger partial charge in [0, 0.05) is 16.8 Å². The van der Waals surface area contributed by atoms with Crippen molar-refractivity contribution < 1.29 is 4.42 Å². The van der Waals surface area contributed by atoms with Crippen molar-refractivity contribution in [1.82, 2.24) is 24.6 Å². The van der Waals surface area contributed by atoms with Crippen LogP contribution in [0.1, 0.15) is 24.4 Å². The van der Waals surface area contributed by atoms with Crippen molar-refractivity contribution in [3.05, 3.63) is 65.6 Å². The molecule has 0 saturated carbocycles. The first-order valence-electron chi connectivity index (χ1n) is 9.70. The highest BCUT2D eigenvalue weighted by atomic mass is 32.2. The number of hydrogen-bond acceptors (Lipinski definition) is 7. The molecule has 0 spiro atoms. The minimum absolute atomic E-state index is 0.742. The van der Waals surface area contributed by atoms with Crippen molar-refractivity contribution in [2.45, 2.75) is 30.3 Å². The van der Waals surface area contributed by atoms with Crippen molar-refractivity contribution >= 4 is 23.1 Å². The third-order valence-corrected chi connectivity index (χ3v) is 6.78. The quantitative estimate of drug-likeness (QED) is 0.395. The van der Waals surface area contributed by atoms with Gasteiger partial charge in [-0.3, -0.25) is 9.47 Å². The number of thiazole rings is 1. The number of rotatable bonds is 7. The number of likely N-dealkylation sites (tertiary alicyclic amines) is 1. The maximum absolute atomic E-state index is 5.45. The minimum atomic E-state index is 0.742. The van der Waals surface area contributed by atoms with Gasteiger partial charge in [-0.15, -0.1) is 21.5 Å². The molecule has 0 N–H and O–H groups in total. The Bertz CT molecular complexity index is 1050. The summed E-state index contributed by atoms with van der Waals surface area (Å²) in [5.41, 5.74) is 2.12. The van der Waals surface area contributed by atoms with Crippen LogP contribution >= 0.6 is 23.1 Å². The molecule has 6 nitrogen and oxygen atoms in total. The Morgan fingerprint density at radius 2 is 1.90 bits per heavy atom. The van der Waals surface area contributed by atoms with E-state index in [0.29, 0.717) is 0 Å². The van der Waals surface area contributed by atoms with E-state index in [0.717, 1.165) is 58.5 Å². The molecule has 3 aromatic heterocycles. The van der Waals surface area contributed by atoms with Crippen LogP contribution in [0.3, 0.4) is 0 Å². The third kappa shape index (κ3) is 4.14. The molecule has 0 radical (unpaired) electrons. The molecule has 1 aliphatic rings. The standard InChI is InChI=1S/C21H21N5OS2/c1-2-7-17(8-3-1)26-19(13-25-10-4-5-11-25)23-24-21(26)29-15-16-14-28-20(22-16)18-9-6-12-27-18/h1-3,6-9,12,14H,4-5,10-11,13,15H2. The van der Waals surface area contributed by atoms with Crippen molar-refractivity contribution in [2.24, 2.45) is 0 Å². The zero-order chi connectivity index (χ0) is 19.5. The number of thioether (sulfide) groups is 1. The molecule has 29 heavy (non-hydrogen) atoms. The molecule has 8 heteroatoms. The monoisotopic (exact) mass is 423 g/mol. The Balaban J connectivity index is 1.37. The molecule has 0 amide bonds. The van der Waals surface area contributed by atoms with Crippen LogP contribution in [0.25, 0.3) is 16.5 Å². The predicted octanol–water partition coefficient (Wildman–Crippen LogP) is 4.87. The molecule has 0 aliphatic carbocycles. The first-order valence-corrected chi connectivity index (χ1v) is 11.6. The molecule has 1 saturated heterocycles. The molecule has 5 rings (SSSR count). The topological polar surface area (TPSA) is 60.0 Å². The lowest BCUT2D eigenvalue weighted by molar-refractivity contribution is 0.319. The van der Waals surface area contributed by atoms with Crippen molar-refractivity contribution in [2.75, 3.05) is 13.1 Å². The first kappa shape index (κ1) is 18.6. The Kier molecular flexibility index (Phi) is 5.47. The van der Waals surface area contributed by atoms with Gasteiger partial charge in [0.2, 0.25) is 0 Å². The lowest BCUT2D eigenvalue weighted by atomic mass is 10.3. The summed E-state index contributed by atoms with van der Waals surface area (Å²) in [6.07, 6.45) is 4.21. The third-order valence-electron chi connectivity index (χ3n) is 4.91. The van der Waals surface area contributed by atoms with Crippen LogP contribution in [-0.2, 0) is 12.3 Å². The average molecular weight is 424 g/mol. The lowest BCUT2D eigenvalue weighted by Gasteiger charge is -2.15. The Morgan fingerprint density at radius 3 is 2.69 bits per heavy atom. The van der Waals surface area contributed by atoms with Crippen LogP contribution in [0, 0.1) is 0 Å². The van der Waals surface area contributed by atoms with Crippen LogP contribution in [0.4, 0.5) is 0 Å². The highest BCUT2D eigenvalue weighted by Gasteiger charge is 2.19. The number of para-hydroxylation sites is 1. The van der Waals surface area contributed by atoms with Crippen LogP contribution in [0.2, 0.25) is 0 Å². The second kappa shape index (κ2) is 8.52. The molecule has 1 fully saturated rings. The van der Waals surface area contributed by atoms with Crippen LogP contribution in [0.5, 0.6) is 0 Å². The molecular weight excluding hydrogens is 402 g/mol. The van der Waals surface area contributed by atoms with E-state index in [2.05, 4.69) is 49.3 Å². The maximum Gasteiger partial charge on any atom is 0.196 e. The lowest BCUT2D eigenvalue weighted by Crippen LogP contribution is -2.21. The van der Waals surface area contributed by atoms with E-state index in [4.69, 9.17) is 9.40 Å². The van der Waals surface area contributed by atoms with Crippen LogP contribution < -0.4 is 0 Å². The summed E-state index contributed by atoms with van der Waals surface area (Å²) in [5, 5.41) is 12.9. The predicted molar refractivity (Wildman–Crippen MR) is 115 cm³/mol. The number of furan rings is 1. The molecule has 148 valence electrons. The van der Waals surface area contributed by atoms with Gasteiger partial charge >= 0.3 is 0 Å². The summed E-state index contributed by atoms with van der Waals surface area (Å²) in [6, 6.07) is 14.2. The Hall–Kier alpha value is -2.42. The molecule has 0 bridgehead atoms. The molecule has 4 heterocycles. The SMILES string of the molecule is c1ccc(-n2c(CN3CCCC3)nnc2SCc2csc(-c3ccco3)n2)cc1. The van der Waals surface area contributed by atoms with E-state index >= 15 is 0 Å². The van der Waals surface area contributed by atoms with E-state index in [1.165, 1.54) is 12.8 Å². The van der Waals surface area contributed by atoms with Gasteiger partial charge in [0.1, 0.15) is 0 Å². The first-order chi connectivity index (χ1) is 14.4. The Labute approximate surface area is 177 Å². The summed E-state index contributed by atoms with van der Waals surface area (Å²) >= 11 is 3.27. The fourth-order valence-electron chi connectivity index (χ4n) is 3.50. The Morgan fingerprint density at radius 1 is 1.03 bits per heavy atom. The van der Waals surface area contributed by atoms with Crippen molar-refractivity contribution in [3.63, 3.8) is 0 Å². The number of nitrogens with zero attached hydrogens (tertiary/aromatic N) is 5. The zero-order valence-corrected chi connectivity index (χ0v) is 17.5. The molecule has 0 atom stereocenters. The molecule has 1 aromatic carbocycles. The number of benzene rings is 1. The van der Waals surface area contributed by atoms with Crippen molar-refractivity contribution in [3.8, 4) is 16.5 Å². The van der Waals surface area contributed by atoms with Gasteiger partial charge in [-0.2, -0.15) is 0 Å². The summed E-state index contributed by atoms with van der Waals surface area (Å²) in [7, 11) is 0. The maximum atomic E-state index is 5.45. The molecular formula is C21H21N5OS2. The van der Waals surface area contributed by atoms with Gasteiger partial charge < -0.3 is 4.42 Å². The van der Waals surface area contributed by atoms with Gasteiger partial charge in [0.25, 0.3) is 0 Å².